The molecule has 0 radical (unpaired) electrons. The van der Waals surface area contributed by atoms with Crippen molar-refractivity contribution in [2.45, 2.75) is 77.6 Å². The first-order chi connectivity index (χ1) is 8.24. The van der Waals surface area contributed by atoms with Crippen LogP contribution in [0.25, 0.3) is 0 Å². The first-order valence-corrected chi connectivity index (χ1v) is 7.45. The number of unbranched alkanes of at least 4 members (excludes halogenated alkanes) is 5. The quantitative estimate of drug-likeness (QED) is 0.535. The van der Waals surface area contributed by atoms with Gasteiger partial charge in [-0.25, -0.2) is 0 Å². The maximum atomic E-state index is 10.3. The molecule has 0 aromatic rings. The fourth-order valence-corrected chi connectivity index (χ4v) is 2.70. The topological polar surface area (TPSA) is 37.3 Å². The van der Waals surface area contributed by atoms with Gasteiger partial charge >= 0.3 is 5.97 Å². The van der Waals surface area contributed by atoms with E-state index in [9.17, 15) is 4.79 Å². The Balaban J connectivity index is 1.78. The molecule has 0 saturated heterocycles. The minimum absolute atomic E-state index is 0.349. The smallest absolute Gasteiger partial charge is 0.303 e. The molecule has 0 amide bonds. The van der Waals surface area contributed by atoms with Crippen molar-refractivity contribution in [1.82, 2.24) is 0 Å². The Morgan fingerprint density at radius 2 is 1.59 bits per heavy atom. The van der Waals surface area contributed by atoms with Gasteiger partial charge in [0.25, 0.3) is 0 Å². The second-order valence-corrected chi connectivity index (χ2v) is 5.60. The molecule has 1 aliphatic rings. The van der Waals surface area contributed by atoms with E-state index in [4.69, 9.17) is 5.11 Å². The minimum atomic E-state index is -0.651. The van der Waals surface area contributed by atoms with Gasteiger partial charge in [0.05, 0.1) is 0 Å². The molecular formula is C15H28O2. The highest BCUT2D eigenvalue weighted by Crippen LogP contribution is 2.45. The molecule has 1 aliphatic carbocycles. The van der Waals surface area contributed by atoms with Gasteiger partial charge in [-0.1, -0.05) is 58.3 Å². The average molecular weight is 240 g/mol. The molecule has 0 bridgehead atoms. The summed E-state index contributed by atoms with van der Waals surface area (Å²) < 4.78 is 0. The van der Waals surface area contributed by atoms with Gasteiger partial charge in [-0.05, 0) is 24.7 Å². The van der Waals surface area contributed by atoms with Gasteiger partial charge < -0.3 is 5.11 Å². The van der Waals surface area contributed by atoms with E-state index in [1.807, 2.05) is 0 Å². The Morgan fingerprint density at radius 3 is 2.24 bits per heavy atom. The number of aliphatic carboxylic acids is 1. The fourth-order valence-electron chi connectivity index (χ4n) is 2.70. The van der Waals surface area contributed by atoms with E-state index < -0.39 is 5.97 Å². The summed E-state index contributed by atoms with van der Waals surface area (Å²) in [7, 11) is 0. The van der Waals surface area contributed by atoms with E-state index in [0.717, 1.165) is 24.7 Å². The highest BCUT2D eigenvalue weighted by Gasteiger charge is 2.34. The summed E-state index contributed by atoms with van der Waals surface area (Å²) in [5.41, 5.74) is 0. The lowest BCUT2D eigenvalue weighted by molar-refractivity contribution is -0.137. The summed E-state index contributed by atoms with van der Waals surface area (Å²) in [4.78, 5) is 10.3. The molecule has 0 unspecified atom stereocenters. The summed E-state index contributed by atoms with van der Waals surface area (Å²) in [6.45, 7) is 2.27. The molecule has 0 aliphatic heterocycles. The van der Waals surface area contributed by atoms with E-state index >= 15 is 0 Å². The van der Waals surface area contributed by atoms with Gasteiger partial charge in [-0.2, -0.15) is 0 Å². The van der Waals surface area contributed by atoms with Gasteiger partial charge in [0.15, 0.2) is 0 Å². The maximum absolute atomic E-state index is 10.3. The van der Waals surface area contributed by atoms with Gasteiger partial charge in [-0.15, -0.1) is 0 Å². The number of carboxylic acids is 1. The standard InChI is InChI=1S/C15H28O2/c1-2-3-9-13-12-14(13)10-7-5-4-6-8-11-15(16)17/h13-14H,2-12H2,1H3,(H,16,17)/t13-,14+/m0/s1. The molecule has 1 N–H and O–H groups in total. The molecule has 1 rings (SSSR count). The third-order valence-corrected chi connectivity index (χ3v) is 3.96. The van der Waals surface area contributed by atoms with Crippen LogP contribution >= 0.6 is 0 Å². The molecule has 2 nitrogen and oxygen atoms in total. The minimum Gasteiger partial charge on any atom is -0.481 e. The van der Waals surface area contributed by atoms with Crippen LogP contribution in [0.4, 0.5) is 0 Å². The van der Waals surface area contributed by atoms with Crippen LogP contribution in [0.3, 0.4) is 0 Å². The van der Waals surface area contributed by atoms with E-state index in [0.29, 0.717) is 6.42 Å². The fraction of sp³-hybridized carbons (Fsp3) is 0.933. The van der Waals surface area contributed by atoms with Gasteiger partial charge in [-0.3, -0.25) is 4.79 Å². The van der Waals surface area contributed by atoms with Crippen molar-refractivity contribution in [3.8, 4) is 0 Å². The molecular weight excluding hydrogens is 212 g/mol. The molecule has 100 valence electrons. The zero-order valence-corrected chi connectivity index (χ0v) is 11.3. The molecule has 0 aromatic heterocycles. The zero-order chi connectivity index (χ0) is 12.5. The normalized spacial score (nSPS) is 22.6. The lowest BCUT2D eigenvalue weighted by Gasteiger charge is -2.01. The lowest BCUT2D eigenvalue weighted by atomic mass is 10.1. The van der Waals surface area contributed by atoms with Crippen molar-refractivity contribution in [2.75, 3.05) is 0 Å². The van der Waals surface area contributed by atoms with E-state index in [1.54, 1.807) is 0 Å². The number of hydrogen-bond donors (Lipinski definition) is 1. The van der Waals surface area contributed by atoms with Crippen LogP contribution in [0.15, 0.2) is 0 Å². The summed E-state index contributed by atoms with van der Waals surface area (Å²) >= 11 is 0. The Morgan fingerprint density at radius 1 is 1.00 bits per heavy atom. The molecule has 0 heterocycles. The van der Waals surface area contributed by atoms with Gasteiger partial charge in [0.1, 0.15) is 0 Å². The van der Waals surface area contributed by atoms with Crippen molar-refractivity contribution in [1.29, 1.82) is 0 Å². The molecule has 1 fully saturated rings. The summed E-state index contributed by atoms with van der Waals surface area (Å²) in [6, 6.07) is 0. The number of rotatable bonds is 11. The van der Waals surface area contributed by atoms with Crippen molar-refractivity contribution in [3.05, 3.63) is 0 Å². The van der Waals surface area contributed by atoms with Crippen molar-refractivity contribution >= 4 is 5.97 Å². The molecule has 2 heteroatoms. The van der Waals surface area contributed by atoms with Crippen LogP contribution in [-0.2, 0) is 4.79 Å². The van der Waals surface area contributed by atoms with Crippen LogP contribution in [-0.4, -0.2) is 11.1 Å². The number of carbonyl (C=O) groups is 1. The van der Waals surface area contributed by atoms with Crippen molar-refractivity contribution < 1.29 is 9.90 Å². The summed E-state index contributed by atoms with van der Waals surface area (Å²) in [5, 5.41) is 8.50. The predicted octanol–water partition coefficient (Wildman–Crippen LogP) is 4.63. The van der Waals surface area contributed by atoms with E-state index in [-0.39, 0.29) is 0 Å². The SMILES string of the molecule is CCCC[C@H]1C[C@H]1CCCCCCCC(=O)O. The zero-order valence-electron chi connectivity index (χ0n) is 11.3. The molecule has 1 saturated carbocycles. The Kier molecular flexibility index (Phi) is 7.30. The maximum Gasteiger partial charge on any atom is 0.303 e. The summed E-state index contributed by atoms with van der Waals surface area (Å²) in [5.74, 6) is 1.45. The van der Waals surface area contributed by atoms with Crippen LogP contribution in [0.2, 0.25) is 0 Å². The summed E-state index contributed by atoms with van der Waals surface area (Å²) in [6.07, 6.45) is 13.3. The molecule has 0 spiro atoms. The predicted molar refractivity (Wildman–Crippen MR) is 71.1 cm³/mol. The molecule has 2 atom stereocenters. The highest BCUT2D eigenvalue weighted by molar-refractivity contribution is 5.66. The van der Waals surface area contributed by atoms with E-state index in [1.165, 1.54) is 51.4 Å². The lowest BCUT2D eigenvalue weighted by Crippen LogP contribution is -1.93. The number of carboxylic acid groups (broad SMARTS) is 1. The monoisotopic (exact) mass is 240 g/mol. The average Bonchev–Trinajstić information content (AvgIpc) is 3.03. The largest absolute Gasteiger partial charge is 0.481 e. The second-order valence-electron chi connectivity index (χ2n) is 5.60. The Hall–Kier alpha value is -0.530. The molecule has 17 heavy (non-hydrogen) atoms. The number of hydrogen-bond acceptors (Lipinski definition) is 1. The van der Waals surface area contributed by atoms with Crippen molar-refractivity contribution in [2.24, 2.45) is 11.8 Å². The van der Waals surface area contributed by atoms with Gasteiger partial charge in [0, 0.05) is 6.42 Å². The van der Waals surface area contributed by atoms with Crippen LogP contribution < -0.4 is 0 Å². The first kappa shape index (κ1) is 14.5. The Bertz CT molecular complexity index is 213. The Labute approximate surface area is 106 Å². The third kappa shape index (κ3) is 7.40. The highest BCUT2D eigenvalue weighted by atomic mass is 16.4. The molecule has 0 aromatic carbocycles. The van der Waals surface area contributed by atoms with Crippen molar-refractivity contribution in [3.63, 3.8) is 0 Å². The van der Waals surface area contributed by atoms with Crippen LogP contribution in [0.5, 0.6) is 0 Å². The van der Waals surface area contributed by atoms with Crippen LogP contribution in [0, 0.1) is 11.8 Å². The van der Waals surface area contributed by atoms with Gasteiger partial charge in [0.2, 0.25) is 0 Å². The third-order valence-electron chi connectivity index (χ3n) is 3.96. The van der Waals surface area contributed by atoms with E-state index in [2.05, 4.69) is 6.92 Å². The second kappa shape index (κ2) is 8.54. The first-order valence-electron chi connectivity index (χ1n) is 7.45. The van der Waals surface area contributed by atoms with Crippen LogP contribution in [0.1, 0.15) is 77.6 Å².